The second-order valence-electron chi connectivity index (χ2n) is 5.04. The Labute approximate surface area is 119 Å². The maximum Gasteiger partial charge on any atom is 0.339 e. The molecule has 0 aliphatic heterocycles. The SMILES string of the molecule is CCCCc1c(C(=O)O)cnn1-c1cccc(C)c1C. The Morgan fingerprint density at radius 1 is 1.35 bits per heavy atom. The van der Waals surface area contributed by atoms with E-state index in [9.17, 15) is 9.90 Å². The van der Waals surface area contributed by atoms with Crippen LogP contribution in [-0.2, 0) is 6.42 Å². The van der Waals surface area contributed by atoms with E-state index in [1.807, 2.05) is 32.0 Å². The van der Waals surface area contributed by atoms with Crippen molar-refractivity contribution in [1.29, 1.82) is 0 Å². The Morgan fingerprint density at radius 3 is 2.75 bits per heavy atom. The minimum absolute atomic E-state index is 0.305. The number of aromatic nitrogens is 2. The van der Waals surface area contributed by atoms with Crippen LogP contribution in [0.25, 0.3) is 5.69 Å². The summed E-state index contributed by atoms with van der Waals surface area (Å²) < 4.78 is 1.78. The van der Waals surface area contributed by atoms with Crippen molar-refractivity contribution in [3.8, 4) is 5.69 Å². The van der Waals surface area contributed by atoms with Gasteiger partial charge < -0.3 is 5.11 Å². The van der Waals surface area contributed by atoms with Gasteiger partial charge in [0.1, 0.15) is 5.56 Å². The van der Waals surface area contributed by atoms with Crippen molar-refractivity contribution in [3.05, 3.63) is 46.8 Å². The highest BCUT2D eigenvalue weighted by Gasteiger charge is 2.18. The molecule has 0 unspecified atom stereocenters. The number of hydrogen-bond donors (Lipinski definition) is 1. The number of nitrogens with zero attached hydrogens (tertiary/aromatic N) is 2. The molecule has 1 aromatic heterocycles. The third-order valence-corrected chi connectivity index (χ3v) is 3.67. The van der Waals surface area contributed by atoms with Gasteiger partial charge in [-0.3, -0.25) is 0 Å². The Bertz CT molecular complexity index is 629. The maximum atomic E-state index is 11.3. The summed E-state index contributed by atoms with van der Waals surface area (Å²) >= 11 is 0. The quantitative estimate of drug-likeness (QED) is 0.905. The number of aryl methyl sites for hydroxylation is 1. The van der Waals surface area contributed by atoms with Crippen molar-refractivity contribution < 1.29 is 9.90 Å². The van der Waals surface area contributed by atoms with Gasteiger partial charge in [-0.25, -0.2) is 9.48 Å². The van der Waals surface area contributed by atoms with Gasteiger partial charge in [-0.15, -0.1) is 0 Å². The summed E-state index contributed by atoms with van der Waals surface area (Å²) in [6.45, 7) is 6.18. The van der Waals surface area contributed by atoms with E-state index in [0.29, 0.717) is 5.56 Å². The summed E-state index contributed by atoms with van der Waals surface area (Å²) in [5.41, 5.74) is 4.36. The number of hydrogen-bond acceptors (Lipinski definition) is 2. The first-order chi connectivity index (χ1) is 9.56. The van der Waals surface area contributed by atoms with Crippen LogP contribution < -0.4 is 0 Å². The van der Waals surface area contributed by atoms with Gasteiger partial charge in [-0.2, -0.15) is 5.10 Å². The molecular weight excluding hydrogens is 252 g/mol. The van der Waals surface area contributed by atoms with E-state index in [0.717, 1.165) is 36.2 Å². The van der Waals surface area contributed by atoms with Crippen LogP contribution in [0.15, 0.2) is 24.4 Å². The van der Waals surface area contributed by atoms with Gasteiger partial charge in [0.05, 0.1) is 17.6 Å². The third kappa shape index (κ3) is 2.59. The summed E-state index contributed by atoms with van der Waals surface area (Å²) in [5, 5.41) is 13.6. The fourth-order valence-electron chi connectivity index (χ4n) is 2.31. The minimum Gasteiger partial charge on any atom is -0.478 e. The third-order valence-electron chi connectivity index (χ3n) is 3.67. The summed E-state index contributed by atoms with van der Waals surface area (Å²) in [6.07, 6.45) is 4.16. The molecule has 0 fully saturated rings. The Hall–Kier alpha value is -2.10. The van der Waals surface area contributed by atoms with Crippen LogP contribution in [0, 0.1) is 13.8 Å². The molecule has 106 valence electrons. The fraction of sp³-hybridized carbons (Fsp3) is 0.375. The van der Waals surface area contributed by atoms with Gasteiger partial charge in [0.2, 0.25) is 0 Å². The zero-order valence-electron chi connectivity index (χ0n) is 12.2. The number of aromatic carboxylic acids is 1. The maximum absolute atomic E-state index is 11.3. The van der Waals surface area contributed by atoms with Crippen LogP contribution in [0.5, 0.6) is 0 Å². The minimum atomic E-state index is -0.910. The predicted molar refractivity (Wildman–Crippen MR) is 78.6 cm³/mol. The van der Waals surface area contributed by atoms with Crippen LogP contribution in [0.1, 0.15) is 46.9 Å². The van der Waals surface area contributed by atoms with Crippen LogP contribution in [-0.4, -0.2) is 20.9 Å². The van der Waals surface area contributed by atoms with E-state index in [1.165, 1.54) is 11.8 Å². The predicted octanol–water partition coefficient (Wildman–Crippen LogP) is 3.53. The molecule has 0 atom stereocenters. The van der Waals surface area contributed by atoms with Gasteiger partial charge in [0.15, 0.2) is 0 Å². The molecule has 1 N–H and O–H groups in total. The van der Waals surface area contributed by atoms with Crippen molar-refractivity contribution in [3.63, 3.8) is 0 Å². The van der Waals surface area contributed by atoms with Crippen molar-refractivity contribution in [1.82, 2.24) is 9.78 Å². The summed E-state index contributed by atoms with van der Waals surface area (Å²) in [7, 11) is 0. The number of carboxylic acid groups (broad SMARTS) is 1. The van der Waals surface area contributed by atoms with Crippen molar-refractivity contribution in [2.24, 2.45) is 0 Å². The monoisotopic (exact) mass is 272 g/mol. The number of carbonyl (C=O) groups is 1. The van der Waals surface area contributed by atoms with Gasteiger partial charge >= 0.3 is 5.97 Å². The van der Waals surface area contributed by atoms with Gasteiger partial charge in [0, 0.05) is 0 Å². The Kier molecular flexibility index (Phi) is 4.23. The van der Waals surface area contributed by atoms with E-state index in [-0.39, 0.29) is 0 Å². The second-order valence-corrected chi connectivity index (χ2v) is 5.04. The van der Waals surface area contributed by atoms with Gasteiger partial charge in [-0.05, 0) is 43.9 Å². The molecule has 1 heterocycles. The highest BCUT2D eigenvalue weighted by Crippen LogP contribution is 2.22. The first-order valence-corrected chi connectivity index (χ1v) is 6.93. The molecule has 2 aromatic rings. The van der Waals surface area contributed by atoms with E-state index >= 15 is 0 Å². The average Bonchev–Trinajstić information content (AvgIpc) is 2.83. The molecule has 0 amide bonds. The Balaban J connectivity index is 2.56. The van der Waals surface area contributed by atoms with Gasteiger partial charge in [0.25, 0.3) is 0 Å². The van der Waals surface area contributed by atoms with E-state index in [2.05, 4.69) is 12.0 Å². The zero-order valence-corrected chi connectivity index (χ0v) is 12.2. The topological polar surface area (TPSA) is 55.1 Å². The van der Waals surface area contributed by atoms with Gasteiger partial charge in [-0.1, -0.05) is 25.5 Å². The van der Waals surface area contributed by atoms with Crippen molar-refractivity contribution >= 4 is 5.97 Å². The average molecular weight is 272 g/mol. The summed E-state index contributed by atoms with van der Waals surface area (Å²) in [6, 6.07) is 6.01. The molecule has 2 rings (SSSR count). The molecule has 1 aromatic carbocycles. The van der Waals surface area contributed by atoms with Crippen LogP contribution in [0.3, 0.4) is 0 Å². The van der Waals surface area contributed by atoms with Crippen LogP contribution in [0.4, 0.5) is 0 Å². The number of rotatable bonds is 5. The van der Waals surface area contributed by atoms with Crippen LogP contribution >= 0.6 is 0 Å². The van der Waals surface area contributed by atoms with E-state index in [4.69, 9.17) is 0 Å². The molecular formula is C16H20N2O2. The number of benzene rings is 1. The second kappa shape index (κ2) is 5.90. The first kappa shape index (κ1) is 14.3. The largest absolute Gasteiger partial charge is 0.478 e. The molecule has 4 nitrogen and oxygen atoms in total. The molecule has 20 heavy (non-hydrogen) atoms. The highest BCUT2D eigenvalue weighted by molar-refractivity contribution is 5.88. The smallest absolute Gasteiger partial charge is 0.339 e. The number of unbranched alkanes of at least 4 members (excludes halogenated alkanes) is 1. The highest BCUT2D eigenvalue weighted by atomic mass is 16.4. The lowest BCUT2D eigenvalue weighted by atomic mass is 10.1. The lowest BCUT2D eigenvalue weighted by molar-refractivity contribution is 0.0695. The molecule has 4 heteroatoms. The molecule has 0 saturated heterocycles. The Morgan fingerprint density at radius 2 is 2.10 bits per heavy atom. The molecule has 0 spiro atoms. The van der Waals surface area contributed by atoms with Crippen molar-refractivity contribution in [2.45, 2.75) is 40.0 Å². The first-order valence-electron chi connectivity index (χ1n) is 6.93. The van der Waals surface area contributed by atoms with E-state index < -0.39 is 5.97 Å². The fourth-order valence-corrected chi connectivity index (χ4v) is 2.31. The normalized spacial score (nSPS) is 10.8. The molecule has 0 aliphatic rings. The molecule has 0 radical (unpaired) electrons. The molecule has 0 saturated carbocycles. The summed E-state index contributed by atoms with van der Waals surface area (Å²) in [5.74, 6) is -0.910. The zero-order chi connectivity index (χ0) is 14.7. The molecule has 0 aliphatic carbocycles. The number of carboxylic acids is 1. The van der Waals surface area contributed by atoms with Crippen molar-refractivity contribution in [2.75, 3.05) is 0 Å². The standard InChI is InChI=1S/C16H20N2O2/c1-4-5-8-15-13(16(19)20)10-17-18(15)14-9-6-7-11(2)12(14)3/h6-7,9-10H,4-5,8H2,1-3H3,(H,19,20). The van der Waals surface area contributed by atoms with E-state index in [1.54, 1.807) is 4.68 Å². The lowest BCUT2D eigenvalue weighted by Crippen LogP contribution is -2.08. The summed E-state index contributed by atoms with van der Waals surface area (Å²) in [4.78, 5) is 11.3. The van der Waals surface area contributed by atoms with Crippen LogP contribution in [0.2, 0.25) is 0 Å². The lowest BCUT2D eigenvalue weighted by Gasteiger charge is -2.12. The molecule has 0 bridgehead atoms.